The Labute approximate surface area is 389 Å². The first-order valence-corrected chi connectivity index (χ1v) is 21.8. The molecule has 0 bridgehead atoms. The predicted molar refractivity (Wildman–Crippen MR) is 259 cm³/mol. The number of aliphatic hydroxyl groups excluding tert-OH is 2. The highest BCUT2D eigenvalue weighted by atomic mass is 16.6. The Morgan fingerprint density at radius 1 is 1.03 bits per heavy atom. The largest absolute Gasteiger partial charge is 0.481 e. The quantitative estimate of drug-likeness (QED) is 0.0530. The number of allylic oxidation sites excluding steroid dienone is 5. The SMILES string of the molecule is C#C.C=C.C=C/C=C(C)\C=C/C[C@@H](CC(=O)O)NC(=O)OC(C)(C)C.CC.CC(=O)O.CC1=C([C@@H](O)C(=O)[C@@]2(C)C(C)C3CO[C@@H]3C[C@@H]2O)C(C)(C)[C@@](C)(O)CC1.O=Cc1ccccc1. The van der Waals surface area contributed by atoms with Crippen molar-refractivity contribution < 1.29 is 59.0 Å². The summed E-state index contributed by atoms with van der Waals surface area (Å²) in [6.45, 7) is 33.7. The van der Waals surface area contributed by atoms with Crippen LogP contribution in [0, 0.1) is 35.5 Å². The van der Waals surface area contributed by atoms with Crippen molar-refractivity contribution in [2.24, 2.45) is 22.7 Å². The highest BCUT2D eigenvalue weighted by Gasteiger charge is 2.60. The fraction of sp³-hybridized carbons (Fsp3) is 0.558. The van der Waals surface area contributed by atoms with Crippen molar-refractivity contribution in [1.82, 2.24) is 5.32 Å². The number of alkyl carbamates (subject to hydrolysis) is 1. The average Bonchev–Trinajstić information content (AvgIpc) is 3.21. The molecule has 3 aliphatic rings. The van der Waals surface area contributed by atoms with E-state index in [2.05, 4.69) is 37.9 Å². The van der Waals surface area contributed by atoms with Crippen molar-refractivity contribution in [1.29, 1.82) is 0 Å². The highest BCUT2D eigenvalue weighted by molar-refractivity contribution is 5.92. The first-order valence-electron chi connectivity index (χ1n) is 21.8. The number of rotatable bonds is 11. The van der Waals surface area contributed by atoms with E-state index >= 15 is 0 Å². The lowest BCUT2D eigenvalue weighted by Gasteiger charge is -2.55. The van der Waals surface area contributed by atoms with Gasteiger partial charge in [0, 0.05) is 36.3 Å². The lowest BCUT2D eigenvalue weighted by atomic mass is 9.54. The minimum absolute atomic E-state index is 0.0193. The van der Waals surface area contributed by atoms with Gasteiger partial charge in [-0.1, -0.05) is 107 Å². The van der Waals surface area contributed by atoms with E-state index in [9.17, 15) is 34.5 Å². The second kappa shape index (κ2) is 30.9. The molecule has 2 unspecified atom stereocenters. The number of aldehydes is 1. The fourth-order valence-electron chi connectivity index (χ4n) is 7.43. The van der Waals surface area contributed by atoms with Gasteiger partial charge < -0.3 is 40.3 Å². The van der Waals surface area contributed by atoms with Gasteiger partial charge in [-0.3, -0.25) is 19.2 Å². The Morgan fingerprint density at radius 2 is 1.55 bits per heavy atom. The number of hydrogen-bond acceptors (Lipinski definition) is 10. The number of carbonyl (C=O) groups is 5. The van der Waals surface area contributed by atoms with Crippen molar-refractivity contribution >= 4 is 30.1 Å². The van der Waals surface area contributed by atoms with Crippen LogP contribution in [-0.2, 0) is 23.9 Å². The molecule has 1 heterocycles. The standard InChI is InChI=1S/C21H34O5.C16H25NO4.C7H6O.C2H4O2.C2H6.C2H4.C2H2/c1-11-7-8-20(5,25)19(3,4)16(11)17(23)18(24)21(6)12(2)13-10-26-14(13)9-15(21)22;1-6-8-12(2)9-7-10-13(11-14(18)19)17-15(20)21-16(3,4)5;8-6-7-4-2-1-3-5-7;1-2(3)4;3*1-2/h12-15,17,22-23,25H,7-10H2,1-6H3;6-9,13H,1,10-11H2,2-5H3,(H,17,20)(H,18,19);1-6H;1H3,(H,3,4);1-2H3;1-2H2;1-2H/b;9-7-,12-8-;;;;;/t12?,13?,14-,15+,17-,20+,21+;13-;;;;;/m10...../s1. The zero-order chi connectivity index (χ0) is 51.5. The highest BCUT2D eigenvalue weighted by Crippen LogP contribution is 2.53. The van der Waals surface area contributed by atoms with Gasteiger partial charge in [0.15, 0.2) is 5.78 Å². The minimum atomic E-state index is -1.31. The lowest BCUT2D eigenvalue weighted by molar-refractivity contribution is -0.220. The molecule has 6 N–H and O–H groups in total. The summed E-state index contributed by atoms with van der Waals surface area (Å²) in [6, 6.07) is 8.59. The molecule has 366 valence electrons. The number of nitrogens with one attached hydrogen (secondary N) is 1. The van der Waals surface area contributed by atoms with Gasteiger partial charge in [0.2, 0.25) is 0 Å². The molecule has 13 heteroatoms. The van der Waals surface area contributed by atoms with Crippen LogP contribution in [0.2, 0.25) is 0 Å². The molecular formula is C52H81NO12. The number of ether oxygens (including phenoxy) is 2. The fourth-order valence-corrected chi connectivity index (χ4v) is 7.43. The van der Waals surface area contributed by atoms with Crippen molar-refractivity contribution in [3.05, 3.63) is 96.7 Å². The first kappa shape index (κ1) is 64.2. The topological polar surface area (TPSA) is 217 Å². The molecule has 1 aromatic rings. The number of amides is 1. The molecule has 65 heavy (non-hydrogen) atoms. The molecule has 1 amide bonds. The molecule has 0 radical (unpaired) electrons. The van der Waals surface area contributed by atoms with Crippen LogP contribution < -0.4 is 5.32 Å². The molecule has 2 fully saturated rings. The van der Waals surface area contributed by atoms with Crippen LogP contribution in [0.3, 0.4) is 0 Å². The van der Waals surface area contributed by atoms with E-state index in [1.165, 1.54) is 0 Å². The smallest absolute Gasteiger partial charge is 0.407 e. The monoisotopic (exact) mass is 912 g/mol. The zero-order valence-electron chi connectivity index (χ0n) is 41.4. The molecule has 0 spiro atoms. The number of benzene rings is 1. The van der Waals surface area contributed by atoms with E-state index in [-0.39, 0.29) is 30.1 Å². The summed E-state index contributed by atoms with van der Waals surface area (Å²) in [6.07, 6.45) is 15.2. The number of Topliss-reactive ketones (excluding diaryl/α,β-unsaturated/α-hetero) is 1. The summed E-state index contributed by atoms with van der Waals surface area (Å²) in [5.74, 6) is -1.96. The van der Waals surface area contributed by atoms with E-state index in [1.807, 2.05) is 84.9 Å². The number of ketones is 1. The van der Waals surface area contributed by atoms with Crippen LogP contribution in [0.15, 0.2) is 91.1 Å². The molecular weight excluding hydrogens is 831 g/mol. The lowest BCUT2D eigenvalue weighted by Crippen LogP contribution is -2.63. The zero-order valence-corrected chi connectivity index (χ0v) is 41.4. The summed E-state index contributed by atoms with van der Waals surface area (Å²) in [5.41, 5.74) is -0.0306. The van der Waals surface area contributed by atoms with Crippen LogP contribution in [0.4, 0.5) is 4.79 Å². The van der Waals surface area contributed by atoms with Crippen molar-refractivity contribution in [3.63, 3.8) is 0 Å². The molecule has 8 atom stereocenters. The molecule has 1 aliphatic heterocycles. The van der Waals surface area contributed by atoms with Gasteiger partial charge in [0.1, 0.15) is 18.0 Å². The van der Waals surface area contributed by atoms with E-state index in [1.54, 1.807) is 52.8 Å². The van der Waals surface area contributed by atoms with Gasteiger partial charge in [0.25, 0.3) is 5.97 Å². The van der Waals surface area contributed by atoms with E-state index in [0.29, 0.717) is 37.9 Å². The van der Waals surface area contributed by atoms with Crippen molar-refractivity contribution in [2.75, 3.05) is 6.61 Å². The number of terminal acetylenes is 1. The van der Waals surface area contributed by atoms with Gasteiger partial charge in [-0.05, 0) is 79.2 Å². The number of aliphatic hydroxyl groups is 3. The number of hydrogen-bond donors (Lipinski definition) is 6. The van der Waals surface area contributed by atoms with Crippen LogP contribution in [0.5, 0.6) is 0 Å². The van der Waals surface area contributed by atoms with E-state index in [0.717, 1.165) is 29.9 Å². The van der Waals surface area contributed by atoms with Gasteiger partial charge >= 0.3 is 12.1 Å². The van der Waals surface area contributed by atoms with Crippen LogP contribution >= 0.6 is 0 Å². The predicted octanol–water partition coefficient (Wildman–Crippen LogP) is 9.33. The van der Waals surface area contributed by atoms with Crippen molar-refractivity contribution in [2.45, 2.75) is 158 Å². The third-order valence-electron chi connectivity index (χ3n) is 11.5. The van der Waals surface area contributed by atoms with Crippen LogP contribution in [0.25, 0.3) is 0 Å². The second-order valence-electron chi connectivity index (χ2n) is 17.5. The first-order chi connectivity index (χ1) is 30.2. The maximum absolute atomic E-state index is 13.5. The van der Waals surface area contributed by atoms with Crippen LogP contribution in [0.1, 0.15) is 132 Å². The normalized spacial score (nSPS) is 24.6. The molecule has 1 aromatic carbocycles. The number of fused-ring (bicyclic) bond motifs is 1. The van der Waals surface area contributed by atoms with Gasteiger partial charge in [-0.15, -0.1) is 26.0 Å². The maximum atomic E-state index is 13.5. The molecule has 1 saturated heterocycles. The Balaban J connectivity index is -0.000000874. The second-order valence-corrected chi connectivity index (χ2v) is 17.5. The average molecular weight is 912 g/mol. The Kier molecular flexibility index (Phi) is 30.5. The molecule has 1 saturated carbocycles. The third-order valence-corrected chi connectivity index (χ3v) is 11.5. The van der Waals surface area contributed by atoms with Gasteiger partial charge in [0.05, 0.1) is 36.3 Å². The number of carboxylic acids is 2. The molecule has 0 aromatic heterocycles. The summed E-state index contributed by atoms with van der Waals surface area (Å²) in [4.78, 5) is 55.0. The summed E-state index contributed by atoms with van der Waals surface area (Å²) in [5, 5.41) is 51.6. The Hall–Kier alpha value is -5.13. The van der Waals surface area contributed by atoms with E-state index < -0.39 is 58.3 Å². The minimum Gasteiger partial charge on any atom is -0.481 e. The van der Waals surface area contributed by atoms with Crippen LogP contribution in [-0.4, -0.2) is 97.8 Å². The number of carbonyl (C=O) groups excluding carboxylic acids is 3. The summed E-state index contributed by atoms with van der Waals surface area (Å²) >= 11 is 0. The maximum Gasteiger partial charge on any atom is 0.407 e. The number of carboxylic acid groups (broad SMARTS) is 2. The molecule has 13 nitrogen and oxygen atoms in total. The molecule has 2 aliphatic carbocycles. The van der Waals surface area contributed by atoms with Gasteiger partial charge in [-0.25, -0.2) is 4.79 Å². The summed E-state index contributed by atoms with van der Waals surface area (Å²) < 4.78 is 10.7. The molecule has 4 rings (SSSR count). The van der Waals surface area contributed by atoms with Gasteiger partial charge in [-0.2, -0.15) is 0 Å². The number of aliphatic carboxylic acids is 2. The Bertz CT molecular complexity index is 1750. The Morgan fingerprint density at radius 3 is 1.97 bits per heavy atom. The van der Waals surface area contributed by atoms with E-state index in [4.69, 9.17) is 24.5 Å². The summed E-state index contributed by atoms with van der Waals surface area (Å²) in [7, 11) is 0. The third kappa shape index (κ3) is 21.2. The van der Waals surface area contributed by atoms with Crippen molar-refractivity contribution in [3.8, 4) is 12.8 Å².